The predicted molar refractivity (Wildman–Crippen MR) is 92.3 cm³/mol. The average Bonchev–Trinajstić information content (AvgIpc) is 3.11. The van der Waals surface area contributed by atoms with E-state index in [2.05, 4.69) is 4.98 Å². The molecule has 2 N–H and O–H groups in total. The molecular weight excluding hydrogens is 322 g/mol. The highest BCUT2D eigenvalue weighted by Gasteiger charge is 2.31. The molecular formula is C18H21N3O4. The molecule has 7 nitrogen and oxygen atoms in total. The molecule has 1 saturated heterocycles. The van der Waals surface area contributed by atoms with Gasteiger partial charge in [-0.1, -0.05) is 18.2 Å². The highest BCUT2D eigenvalue weighted by Crippen LogP contribution is 2.26. The number of aromatic nitrogens is 1. The molecule has 0 unspecified atom stereocenters. The Morgan fingerprint density at radius 2 is 2.12 bits per heavy atom. The Morgan fingerprint density at radius 1 is 1.32 bits per heavy atom. The zero-order chi connectivity index (χ0) is 17.8. The maximum atomic E-state index is 12.8. The number of ether oxygens (including phenoxy) is 2. The highest BCUT2D eigenvalue weighted by atomic mass is 16.5. The number of carbonyl (C=O) groups excluding carboxylic acids is 2. The first kappa shape index (κ1) is 17.2. The van der Waals surface area contributed by atoms with Crippen molar-refractivity contribution in [2.45, 2.75) is 6.42 Å². The lowest BCUT2D eigenvalue weighted by molar-refractivity contribution is -0.121. The van der Waals surface area contributed by atoms with Gasteiger partial charge in [-0.15, -0.1) is 0 Å². The topological polar surface area (TPSA) is 94.8 Å². The van der Waals surface area contributed by atoms with Crippen molar-refractivity contribution in [3.63, 3.8) is 0 Å². The molecule has 0 bridgehead atoms. The van der Waals surface area contributed by atoms with Gasteiger partial charge in [0.15, 0.2) is 0 Å². The fourth-order valence-corrected chi connectivity index (χ4v) is 2.95. The molecule has 132 valence electrons. The molecule has 1 aromatic heterocycles. The van der Waals surface area contributed by atoms with Gasteiger partial charge in [-0.25, -0.2) is 4.98 Å². The van der Waals surface area contributed by atoms with E-state index in [0.29, 0.717) is 44.3 Å². The second-order valence-corrected chi connectivity index (χ2v) is 6.01. The van der Waals surface area contributed by atoms with E-state index >= 15 is 0 Å². The third-order valence-electron chi connectivity index (χ3n) is 4.33. The van der Waals surface area contributed by atoms with Gasteiger partial charge in [0.05, 0.1) is 12.5 Å². The van der Waals surface area contributed by atoms with Crippen LogP contribution in [-0.4, -0.2) is 55.1 Å². The van der Waals surface area contributed by atoms with Gasteiger partial charge < -0.3 is 20.1 Å². The SMILES string of the molecule is COCCOc1nc(C(=O)N2CC[C@H](C(N)=O)C2)cc2ccccc12. The van der Waals surface area contributed by atoms with Crippen molar-refractivity contribution in [3.8, 4) is 5.88 Å². The van der Waals surface area contributed by atoms with Crippen molar-refractivity contribution in [1.82, 2.24) is 9.88 Å². The van der Waals surface area contributed by atoms with E-state index in [1.165, 1.54) is 0 Å². The Morgan fingerprint density at radius 3 is 2.84 bits per heavy atom. The zero-order valence-electron chi connectivity index (χ0n) is 14.1. The molecule has 1 aromatic carbocycles. The second kappa shape index (κ2) is 7.48. The summed E-state index contributed by atoms with van der Waals surface area (Å²) in [7, 11) is 1.59. The number of fused-ring (bicyclic) bond motifs is 1. The molecule has 2 heterocycles. The lowest BCUT2D eigenvalue weighted by atomic mass is 10.1. The van der Waals surface area contributed by atoms with Crippen molar-refractivity contribution in [3.05, 3.63) is 36.0 Å². The van der Waals surface area contributed by atoms with Crippen LogP contribution >= 0.6 is 0 Å². The molecule has 2 aromatic rings. The van der Waals surface area contributed by atoms with E-state index < -0.39 is 0 Å². The molecule has 2 amide bonds. The number of carbonyl (C=O) groups is 2. The van der Waals surface area contributed by atoms with Crippen molar-refractivity contribution >= 4 is 22.6 Å². The molecule has 1 atom stereocenters. The van der Waals surface area contributed by atoms with Crippen LogP contribution in [0.4, 0.5) is 0 Å². The summed E-state index contributed by atoms with van der Waals surface area (Å²) in [6.07, 6.45) is 0.589. The van der Waals surface area contributed by atoms with Crippen LogP contribution in [0.15, 0.2) is 30.3 Å². The summed E-state index contributed by atoms with van der Waals surface area (Å²) in [5, 5.41) is 1.71. The van der Waals surface area contributed by atoms with Gasteiger partial charge in [-0.3, -0.25) is 9.59 Å². The van der Waals surface area contributed by atoms with E-state index in [9.17, 15) is 9.59 Å². The van der Waals surface area contributed by atoms with Crippen molar-refractivity contribution < 1.29 is 19.1 Å². The van der Waals surface area contributed by atoms with Gasteiger partial charge in [-0.2, -0.15) is 0 Å². The van der Waals surface area contributed by atoms with E-state index in [1.54, 1.807) is 18.1 Å². The third-order valence-corrected chi connectivity index (χ3v) is 4.33. The van der Waals surface area contributed by atoms with Gasteiger partial charge in [0.1, 0.15) is 12.3 Å². The third kappa shape index (κ3) is 3.71. The number of nitrogens with two attached hydrogens (primary N) is 1. The van der Waals surface area contributed by atoms with Crippen LogP contribution in [-0.2, 0) is 9.53 Å². The molecule has 0 saturated carbocycles. The van der Waals surface area contributed by atoms with E-state index in [4.69, 9.17) is 15.2 Å². The van der Waals surface area contributed by atoms with Gasteiger partial charge >= 0.3 is 0 Å². The molecule has 1 aliphatic rings. The fraction of sp³-hybridized carbons (Fsp3) is 0.389. The number of amides is 2. The summed E-state index contributed by atoms with van der Waals surface area (Å²) in [4.78, 5) is 30.1. The number of primary amides is 1. The van der Waals surface area contributed by atoms with Gasteiger partial charge in [0.2, 0.25) is 11.8 Å². The van der Waals surface area contributed by atoms with Crippen LogP contribution in [0.1, 0.15) is 16.9 Å². The number of benzene rings is 1. The molecule has 0 aliphatic carbocycles. The lowest BCUT2D eigenvalue weighted by Crippen LogP contribution is -2.32. The molecule has 1 aliphatic heterocycles. The number of pyridine rings is 1. The lowest BCUT2D eigenvalue weighted by Gasteiger charge is -2.17. The normalized spacial score (nSPS) is 17.0. The molecule has 0 radical (unpaired) electrons. The number of nitrogens with zero attached hydrogens (tertiary/aromatic N) is 2. The van der Waals surface area contributed by atoms with E-state index in [-0.39, 0.29) is 17.7 Å². The number of hydrogen-bond donors (Lipinski definition) is 1. The van der Waals surface area contributed by atoms with Gasteiger partial charge in [-0.05, 0) is 23.9 Å². The minimum atomic E-state index is -0.370. The predicted octanol–water partition coefficient (Wildman–Crippen LogP) is 1.21. The van der Waals surface area contributed by atoms with E-state index in [0.717, 1.165) is 10.8 Å². The molecule has 1 fully saturated rings. The van der Waals surface area contributed by atoms with Crippen LogP contribution in [0.25, 0.3) is 10.8 Å². The largest absolute Gasteiger partial charge is 0.475 e. The molecule has 7 heteroatoms. The Balaban J connectivity index is 1.88. The standard InChI is InChI=1S/C18H21N3O4/c1-24-8-9-25-17-14-5-3-2-4-12(14)10-15(20-17)18(23)21-7-6-13(11-21)16(19)22/h2-5,10,13H,6-9,11H2,1H3,(H2,19,22)/t13-/m0/s1. The Bertz CT molecular complexity index is 793. The fourth-order valence-electron chi connectivity index (χ4n) is 2.95. The summed E-state index contributed by atoms with van der Waals surface area (Å²) in [6.45, 7) is 1.61. The Kier molecular flexibility index (Phi) is 5.14. The monoisotopic (exact) mass is 343 g/mol. The van der Waals surface area contributed by atoms with E-state index in [1.807, 2.05) is 24.3 Å². The first-order valence-corrected chi connectivity index (χ1v) is 8.20. The summed E-state index contributed by atoms with van der Waals surface area (Å²) < 4.78 is 10.7. The maximum Gasteiger partial charge on any atom is 0.272 e. The highest BCUT2D eigenvalue weighted by molar-refractivity contribution is 5.98. The Labute approximate surface area is 145 Å². The molecule has 3 rings (SSSR count). The van der Waals surface area contributed by atoms with Gasteiger partial charge in [0, 0.05) is 25.6 Å². The first-order chi connectivity index (χ1) is 12.1. The minimum absolute atomic E-state index is 0.217. The summed E-state index contributed by atoms with van der Waals surface area (Å²) in [5.74, 6) is -0.470. The van der Waals surface area contributed by atoms with Crippen molar-refractivity contribution in [2.75, 3.05) is 33.4 Å². The summed E-state index contributed by atoms with van der Waals surface area (Å²) >= 11 is 0. The minimum Gasteiger partial charge on any atom is -0.475 e. The van der Waals surface area contributed by atoms with Crippen molar-refractivity contribution in [2.24, 2.45) is 11.7 Å². The number of hydrogen-bond acceptors (Lipinski definition) is 5. The number of methoxy groups -OCH3 is 1. The first-order valence-electron chi connectivity index (χ1n) is 8.20. The van der Waals surface area contributed by atoms with Crippen LogP contribution in [0, 0.1) is 5.92 Å². The Hall–Kier alpha value is -2.67. The van der Waals surface area contributed by atoms with Crippen molar-refractivity contribution in [1.29, 1.82) is 0 Å². The van der Waals surface area contributed by atoms with Gasteiger partial charge in [0.25, 0.3) is 5.91 Å². The quantitative estimate of drug-likeness (QED) is 0.796. The van der Waals surface area contributed by atoms with Crippen LogP contribution in [0.3, 0.4) is 0 Å². The van der Waals surface area contributed by atoms with Crippen LogP contribution in [0.2, 0.25) is 0 Å². The second-order valence-electron chi connectivity index (χ2n) is 6.01. The average molecular weight is 343 g/mol. The summed E-state index contributed by atoms with van der Waals surface area (Å²) in [5.41, 5.74) is 5.64. The zero-order valence-corrected chi connectivity index (χ0v) is 14.1. The molecule has 0 spiro atoms. The van der Waals surface area contributed by atoms with Crippen LogP contribution < -0.4 is 10.5 Å². The molecule has 25 heavy (non-hydrogen) atoms. The smallest absolute Gasteiger partial charge is 0.272 e. The van der Waals surface area contributed by atoms with Crippen LogP contribution in [0.5, 0.6) is 5.88 Å². The number of likely N-dealkylation sites (tertiary alicyclic amines) is 1. The number of rotatable bonds is 6. The maximum absolute atomic E-state index is 12.8. The summed E-state index contributed by atoms with van der Waals surface area (Å²) in [6, 6.07) is 9.35.